The molecule has 0 radical (unpaired) electrons. The first-order chi connectivity index (χ1) is 13.4. The molecule has 2 aromatic rings. The van der Waals surface area contributed by atoms with E-state index in [9.17, 15) is 23.1 Å². The van der Waals surface area contributed by atoms with Crippen LogP contribution >= 0.6 is 11.3 Å². The Morgan fingerprint density at radius 3 is 2.50 bits per heavy atom. The van der Waals surface area contributed by atoms with Gasteiger partial charge in [0.1, 0.15) is 16.9 Å². The lowest BCUT2D eigenvalue weighted by Crippen LogP contribution is -2.40. The highest BCUT2D eigenvalue weighted by atomic mass is 32.2. The largest absolute Gasteiger partial charge is 0.480 e. The van der Waals surface area contributed by atoms with E-state index in [-0.39, 0.29) is 17.2 Å². The number of carbonyl (C=O) groups excluding carboxylic acids is 1. The van der Waals surface area contributed by atoms with Crippen molar-refractivity contribution in [2.24, 2.45) is 0 Å². The van der Waals surface area contributed by atoms with Crippen molar-refractivity contribution in [2.45, 2.75) is 36.1 Å². The minimum absolute atomic E-state index is 0.0709. The molecule has 1 heterocycles. The summed E-state index contributed by atoms with van der Waals surface area (Å²) in [5.74, 6) is -1.24. The molecule has 1 aromatic heterocycles. The lowest BCUT2D eigenvalue weighted by molar-refractivity contribution is -0.139. The van der Waals surface area contributed by atoms with Crippen molar-refractivity contribution in [1.29, 1.82) is 0 Å². The third kappa shape index (κ3) is 7.29. The minimum Gasteiger partial charge on any atom is -0.480 e. The number of carboxylic acid groups (broad SMARTS) is 1. The highest BCUT2D eigenvalue weighted by molar-refractivity contribution is 7.91. The van der Waals surface area contributed by atoms with E-state index >= 15 is 0 Å². The molecular formula is C18H22N2O6S2. The minimum atomic E-state index is -3.85. The van der Waals surface area contributed by atoms with E-state index in [1.165, 1.54) is 6.07 Å². The Labute approximate surface area is 167 Å². The maximum absolute atomic E-state index is 12.1. The zero-order valence-corrected chi connectivity index (χ0v) is 16.7. The molecule has 0 fully saturated rings. The fraction of sp³-hybridized carbons (Fsp3) is 0.333. The molecule has 0 saturated heterocycles. The number of carbonyl (C=O) groups is 2. The second kappa shape index (κ2) is 10.8. The van der Waals surface area contributed by atoms with Gasteiger partial charge in [0.15, 0.2) is 0 Å². The summed E-state index contributed by atoms with van der Waals surface area (Å²) in [6.07, 6.45) is 0.464. The maximum atomic E-state index is 12.1. The molecule has 8 nitrogen and oxygen atoms in total. The molecular weight excluding hydrogens is 404 g/mol. The summed E-state index contributed by atoms with van der Waals surface area (Å²) in [6, 6.07) is 11.0. The van der Waals surface area contributed by atoms with Crippen molar-refractivity contribution in [2.75, 3.05) is 6.54 Å². The van der Waals surface area contributed by atoms with Crippen molar-refractivity contribution in [3.8, 4) is 0 Å². The topological polar surface area (TPSA) is 122 Å². The molecule has 0 aliphatic heterocycles. The van der Waals surface area contributed by atoms with Crippen molar-refractivity contribution in [1.82, 2.24) is 10.0 Å². The van der Waals surface area contributed by atoms with Gasteiger partial charge in [0.05, 0.1) is 0 Å². The fourth-order valence-corrected chi connectivity index (χ4v) is 4.57. The van der Waals surface area contributed by atoms with Crippen molar-refractivity contribution in [3.05, 3.63) is 53.4 Å². The number of alkyl carbamates (subject to hydrolysis) is 1. The normalized spacial score (nSPS) is 12.3. The molecule has 2 rings (SSSR count). The number of sulfonamides is 1. The molecule has 10 heteroatoms. The van der Waals surface area contributed by atoms with E-state index in [0.717, 1.165) is 16.9 Å². The van der Waals surface area contributed by atoms with E-state index in [2.05, 4.69) is 10.0 Å². The smallest absolute Gasteiger partial charge is 0.407 e. The number of hydrogen-bond donors (Lipinski definition) is 3. The Kier molecular flexibility index (Phi) is 8.42. The molecule has 1 aromatic carbocycles. The lowest BCUT2D eigenvalue weighted by atomic mass is 10.1. The van der Waals surface area contributed by atoms with Gasteiger partial charge in [-0.05, 0) is 36.3 Å². The Hall–Kier alpha value is -2.43. The third-order valence-corrected chi connectivity index (χ3v) is 6.63. The first-order valence-electron chi connectivity index (χ1n) is 8.61. The summed E-state index contributed by atoms with van der Waals surface area (Å²) >= 11 is 1.02. The monoisotopic (exact) mass is 426 g/mol. The molecule has 3 N–H and O–H groups in total. The first kappa shape index (κ1) is 21.9. The van der Waals surface area contributed by atoms with Gasteiger partial charge < -0.3 is 15.2 Å². The van der Waals surface area contributed by atoms with Crippen LogP contribution in [0.3, 0.4) is 0 Å². The summed E-state index contributed by atoms with van der Waals surface area (Å²) in [4.78, 5) is 22.9. The number of thiophene rings is 1. The predicted molar refractivity (Wildman–Crippen MR) is 105 cm³/mol. The number of aliphatic carboxylic acids is 1. The number of amides is 1. The highest BCUT2D eigenvalue weighted by Gasteiger charge is 2.25. The molecule has 0 unspecified atom stereocenters. The van der Waals surface area contributed by atoms with Crippen LogP contribution in [-0.4, -0.2) is 38.2 Å². The van der Waals surface area contributed by atoms with Crippen molar-refractivity contribution in [3.63, 3.8) is 0 Å². The van der Waals surface area contributed by atoms with Gasteiger partial charge >= 0.3 is 12.1 Å². The molecule has 28 heavy (non-hydrogen) atoms. The van der Waals surface area contributed by atoms with Crippen LogP contribution in [0.15, 0.2) is 52.1 Å². The summed E-state index contributed by atoms with van der Waals surface area (Å²) in [6.45, 7) is 0.468. The van der Waals surface area contributed by atoms with Crippen LogP contribution in [0.5, 0.6) is 0 Å². The average Bonchev–Trinajstić information content (AvgIpc) is 3.21. The van der Waals surface area contributed by atoms with Crippen LogP contribution in [0.25, 0.3) is 0 Å². The molecule has 0 saturated carbocycles. The number of benzene rings is 1. The first-order valence-corrected chi connectivity index (χ1v) is 11.0. The molecule has 1 atom stereocenters. The van der Waals surface area contributed by atoms with E-state index in [4.69, 9.17) is 4.74 Å². The molecule has 0 spiro atoms. The fourth-order valence-electron chi connectivity index (χ4n) is 2.33. The number of unbranched alkanes of at least 4 members (excludes halogenated alkanes) is 1. The number of carboxylic acids is 1. The summed E-state index contributed by atoms with van der Waals surface area (Å²) in [5.41, 5.74) is 0.875. The van der Waals surface area contributed by atoms with Gasteiger partial charge in [0.2, 0.25) is 0 Å². The zero-order valence-electron chi connectivity index (χ0n) is 15.0. The van der Waals surface area contributed by atoms with Gasteiger partial charge in [0.25, 0.3) is 10.0 Å². The summed E-state index contributed by atoms with van der Waals surface area (Å²) in [5, 5.41) is 13.4. The van der Waals surface area contributed by atoms with Crippen LogP contribution in [0, 0.1) is 0 Å². The van der Waals surface area contributed by atoms with Gasteiger partial charge in [-0.1, -0.05) is 36.4 Å². The molecule has 0 aliphatic carbocycles. The quantitative estimate of drug-likeness (QED) is 0.475. The predicted octanol–water partition coefficient (Wildman–Crippen LogP) is 2.58. The highest BCUT2D eigenvalue weighted by Crippen LogP contribution is 2.16. The van der Waals surface area contributed by atoms with Gasteiger partial charge in [-0.25, -0.2) is 13.2 Å². The number of hydrogen-bond acceptors (Lipinski definition) is 6. The molecule has 1 amide bonds. The van der Waals surface area contributed by atoms with Crippen LogP contribution in [0.2, 0.25) is 0 Å². The van der Waals surface area contributed by atoms with Crippen molar-refractivity contribution >= 4 is 33.4 Å². The second-order valence-electron chi connectivity index (χ2n) is 5.93. The summed E-state index contributed by atoms with van der Waals surface area (Å²) < 4.78 is 31.6. The van der Waals surface area contributed by atoms with E-state index in [1.54, 1.807) is 11.4 Å². The Balaban J connectivity index is 1.67. The van der Waals surface area contributed by atoms with E-state index < -0.39 is 28.1 Å². The third-order valence-electron chi connectivity index (χ3n) is 3.76. The van der Waals surface area contributed by atoms with Crippen LogP contribution in [0.1, 0.15) is 24.8 Å². The van der Waals surface area contributed by atoms with Crippen LogP contribution in [0.4, 0.5) is 4.79 Å². The maximum Gasteiger partial charge on any atom is 0.407 e. The second-order valence-corrected chi connectivity index (χ2v) is 8.82. The van der Waals surface area contributed by atoms with E-state index in [0.29, 0.717) is 19.4 Å². The van der Waals surface area contributed by atoms with Gasteiger partial charge in [-0.15, -0.1) is 11.3 Å². The zero-order chi connectivity index (χ0) is 20.4. The molecule has 0 aliphatic rings. The van der Waals surface area contributed by atoms with Gasteiger partial charge in [-0.2, -0.15) is 4.72 Å². The van der Waals surface area contributed by atoms with Gasteiger partial charge in [-0.3, -0.25) is 4.79 Å². The van der Waals surface area contributed by atoms with Gasteiger partial charge in [0, 0.05) is 6.54 Å². The Bertz CT molecular complexity index is 853. The molecule has 0 bridgehead atoms. The number of nitrogens with one attached hydrogen (secondary N) is 2. The lowest BCUT2D eigenvalue weighted by Gasteiger charge is -2.14. The van der Waals surface area contributed by atoms with Crippen molar-refractivity contribution < 1.29 is 27.9 Å². The Morgan fingerprint density at radius 1 is 1.11 bits per heavy atom. The average molecular weight is 427 g/mol. The SMILES string of the molecule is O=C(NCCCC[C@H](NS(=O)(=O)c1cccs1)C(=O)O)OCc1ccccc1. The van der Waals surface area contributed by atoms with Crippen LogP contribution < -0.4 is 10.0 Å². The summed E-state index contributed by atoms with van der Waals surface area (Å²) in [7, 11) is -3.85. The molecule has 152 valence electrons. The van der Waals surface area contributed by atoms with Crippen LogP contribution in [-0.2, 0) is 26.2 Å². The number of rotatable bonds is 11. The standard InChI is InChI=1S/C18H22N2O6S2/c21-17(22)15(20-28(24,25)16-10-6-12-27-16)9-4-5-11-19-18(23)26-13-14-7-2-1-3-8-14/h1-3,6-8,10,12,15,20H,4-5,9,11,13H2,(H,19,23)(H,21,22)/t15-/m0/s1. The number of ether oxygens (including phenoxy) is 1. The van der Waals surface area contributed by atoms with E-state index in [1.807, 2.05) is 30.3 Å². The Morgan fingerprint density at radius 2 is 1.86 bits per heavy atom.